The van der Waals surface area contributed by atoms with E-state index in [-0.39, 0.29) is 12.0 Å². The number of aliphatic hydroxyl groups excluding tert-OH is 1. The van der Waals surface area contributed by atoms with E-state index in [9.17, 15) is 9.90 Å². The van der Waals surface area contributed by atoms with Gasteiger partial charge in [-0.15, -0.1) is 0 Å². The molecule has 4 heteroatoms. The van der Waals surface area contributed by atoms with Crippen LogP contribution in [0.1, 0.15) is 40.9 Å². The molecule has 0 unspecified atom stereocenters. The highest BCUT2D eigenvalue weighted by Crippen LogP contribution is 2.15. The van der Waals surface area contributed by atoms with Gasteiger partial charge in [0.05, 0.1) is 6.10 Å². The molecular weight excluding hydrogens is 288 g/mol. The summed E-state index contributed by atoms with van der Waals surface area (Å²) in [5.41, 5.74) is 2.77. The van der Waals surface area contributed by atoms with Crippen molar-refractivity contribution in [1.29, 1.82) is 0 Å². The van der Waals surface area contributed by atoms with E-state index in [4.69, 9.17) is 0 Å². The molecule has 2 heterocycles. The first-order valence-electron chi connectivity index (χ1n) is 8.18. The number of hydrogen-bond acceptors (Lipinski definition) is 3. The Morgan fingerprint density at radius 2 is 2.00 bits per heavy atom. The van der Waals surface area contributed by atoms with Crippen LogP contribution in [0.5, 0.6) is 0 Å². The van der Waals surface area contributed by atoms with Gasteiger partial charge in [-0.2, -0.15) is 0 Å². The van der Waals surface area contributed by atoms with Gasteiger partial charge in [0.1, 0.15) is 0 Å². The van der Waals surface area contributed by atoms with Crippen molar-refractivity contribution in [1.82, 2.24) is 9.88 Å². The number of aliphatic hydroxyl groups is 1. The minimum Gasteiger partial charge on any atom is -0.393 e. The largest absolute Gasteiger partial charge is 0.393 e. The third-order valence-electron chi connectivity index (χ3n) is 4.28. The van der Waals surface area contributed by atoms with Gasteiger partial charge in [0.15, 0.2) is 0 Å². The van der Waals surface area contributed by atoms with Gasteiger partial charge in [-0.1, -0.05) is 30.3 Å². The molecule has 1 amide bonds. The molecule has 1 aromatic carbocycles. The Balaban J connectivity index is 1.72. The summed E-state index contributed by atoms with van der Waals surface area (Å²) >= 11 is 0. The fourth-order valence-corrected chi connectivity index (χ4v) is 2.98. The molecule has 1 saturated heterocycles. The Kier molecular flexibility index (Phi) is 5.03. The topological polar surface area (TPSA) is 53.4 Å². The summed E-state index contributed by atoms with van der Waals surface area (Å²) in [7, 11) is 0. The Bertz CT molecular complexity index is 657. The molecule has 0 aliphatic carbocycles. The number of carbonyl (C=O) groups excluding carboxylic acids is 1. The van der Waals surface area contributed by atoms with Gasteiger partial charge < -0.3 is 10.0 Å². The molecule has 1 aliphatic heterocycles. The second-order valence-electron chi connectivity index (χ2n) is 6.08. The predicted octanol–water partition coefficient (Wildman–Crippen LogP) is 2.66. The maximum absolute atomic E-state index is 12.7. The van der Waals surface area contributed by atoms with Crippen LogP contribution in [-0.2, 0) is 6.42 Å². The molecule has 3 rings (SSSR count). The van der Waals surface area contributed by atoms with Crippen LogP contribution in [0.2, 0.25) is 0 Å². The summed E-state index contributed by atoms with van der Waals surface area (Å²) in [4.78, 5) is 18.9. The van der Waals surface area contributed by atoms with Gasteiger partial charge in [0.25, 0.3) is 5.91 Å². The minimum absolute atomic E-state index is 0.0378. The number of amides is 1. The molecule has 4 nitrogen and oxygen atoms in total. The molecule has 1 aromatic heterocycles. The molecule has 1 atom stereocenters. The second kappa shape index (κ2) is 7.38. The van der Waals surface area contributed by atoms with Crippen LogP contribution in [0.15, 0.2) is 48.7 Å². The maximum Gasteiger partial charge on any atom is 0.253 e. The number of likely N-dealkylation sites (tertiary alicyclic amines) is 1. The van der Waals surface area contributed by atoms with Gasteiger partial charge >= 0.3 is 0 Å². The smallest absolute Gasteiger partial charge is 0.253 e. The van der Waals surface area contributed by atoms with Crippen LogP contribution < -0.4 is 0 Å². The number of pyridine rings is 1. The fraction of sp³-hybridized carbons (Fsp3) is 0.368. The molecule has 1 fully saturated rings. The summed E-state index contributed by atoms with van der Waals surface area (Å²) in [6, 6.07) is 13.8. The Morgan fingerprint density at radius 1 is 1.17 bits per heavy atom. The van der Waals surface area contributed by atoms with Crippen molar-refractivity contribution in [3.63, 3.8) is 0 Å². The summed E-state index contributed by atoms with van der Waals surface area (Å²) in [5, 5.41) is 9.72. The van der Waals surface area contributed by atoms with E-state index in [0.717, 1.165) is 25.0 Å². The van der Waals surface area contributed by atoms with E-state index in [1.807, 2.05) is 29.2 Å². The predicted molar refractivity (Wildman–Crippen MR) is 89.2 cm³/mol. The van der Waals surface area contributed by atoms with Gasteiger partial charge in [-0.25, -0.2) is 0 Å². The number of rotatable bonds is 3. The second-order valence-corrected chi connectivity index (χ2v) is 6.08. The van der Waals surface area contributed by atoms with Crippen molar-refractivity contribution in [3.05, 3.63) is 65.5 Å². The highest BCUT2D eigenvalue weighted by molar-refractivity contribution is 5.94. The zero-order chi connectivity index (χ0) is 16.1. The van der Waals surface area contributed by atoms with E-state index in [2.05, 4.69) is 17.1 Å². The molecule has 0 bridgehead atoms. The molecule has 0 radical (unpaired) electrons. The van der Waals surface area contributed by atoms with Crippen LogP contribution in [0.25, 0.3) is 0 Å². The van der Waals surface area contributed by atoms with Gasteiger partial charge in [-0.05, 0) is 37.0 Å². The zero-order valence-corrected chi connectivity index (χ0v) is 13.2. The summed E-state index contributed by atoms with van der Waals surface area (Å²) < 4.78 is 0. The first-order valence-corrected chi connectivity index (χ1v) is 8.18. The number of carbonyl (C=O) groups is 1. The molecular formula is C19H22N2O2. The van der Waals surface area contributed by atoms with Crippen LogP contribution in [-0.4, -0.2) is 40.1 Å². The minimum atomic E-state index is -0.279. The van der Waals surface area contributed by atoms with Crippen molar-refractivity contribution < 1.29 is 9.90 Å². The van der Waals surface area contributed by atoms with Crippen molar-refractivity contribution in [2.75, 3.05) is 13.1 Å². The van der Waals surface area contributed by atoms with E-state index in [1.54, 1.807) is 12.3 Å². The van der Waals surface area contributed by atoms with E-state index < -0.39 is 0 Å². The van der Waals surface area contributed by atoms with Gasteiger partial charge in [0.2, 0.25) is 0 Å². The number of benzene rings is 1. The molecule has 120 valence electrons. The summed E-state index contributed by atoms with van der Waals surface area (Å²) in [6.07, 6.45) is 4.44. The lowest BCUT2D eigenvalue weighted by Gasteiger charge is -2.20. The van der Waals surface area contributed by atoms with Crippen molar-refractivity contribution in [3.8, 4) is 0 Å². The van der Waals surface area contributed by atoms with E-state index in [1.165, 1.54) is 5.56 Å². The number of aromatic nitrogens is 1. The standard InChI is InChI=1S/C19H22N2O2/c22-18-7-4-11-21(12-9-18)19(23)16-8-10-20-17(14-16)13-15-5-2-1-3-6-15/h1-3,5-6,8,10,14,18,22H,4,7,9,11-13H2/t18-/m0/s1. The SMILES string of the molecule is O=C(c1ccnc(Cc2ccccc2)c1)N1CCC[C@H](O)CC1. The van der Waals surface area contributed by atoms with Gasteiger partial charge in [-0.3, -0.25) is 9.78 Å². The lowest BCUT2D eigenvalue weighted by Crippen LogP contribution is -2.32. The van der Waals surface area contributed by atoms with E-state index in [0.29, 0.717) is 25.1 Å². The third kappa shape index (κ3) is 4.17. The lowest BCUT2D eigenvalue weighted by atomic mass is 10.1. The first-order chi connectivity index (χ1) is 11.2. The monoisotopic (exact) mass is 310 g/mol. The van der Waals surface area contributed by atoms with Crippen LogP contribution in [0.3, 0.4) is 0 Å². The molecule has 2 aromatic rings. The molecule has 1 aliphatic rings. The number of hydrogen-bond donors (Lipinski definition) is 1. The third-order valence-corrected chi connectivity index (χ3v) is 4.28. The normalized spacial score (nSPS) is 18.5. The molecule has 0 spiro atoms. The zero-order valence-electron chi connectivity index (χ0n) is 13.2. The molecule has 0 saturated carbocycles. The average molecular weight is 310 g/mol. The molecule has 23 heavy (non-hydrogen) atoms. The van der Waals surface area contributed by atoms with Crippen molar-refractivity contribution in [2.45, 2.75) is 31.8 Å². The Labute approximate surface area is 136 Å². The summed E-state index contributed by atoms with van der Waals surface area (Å²) in [6.45, 7) is 1.34. The lowest BCUT2D eigenvalue weighted by molar-refractivity contribution is 0.0753. The van der Waals surface area contributed by atoms with Crippen molar-refractivity contribution >= 4 is 5.91 Å². The van der Waals surface area contributed by atoms with Crippen molar-refractivity contribution in [2.24, 2.45) is 0 Å². The average Bonchev–Trinajstić information content (AvgIpc) is 2.80. The van der Waals surface area contributed by atoms with Crippen LogP contribution in [0.4, 0.5) is 0 Å². The first kappa shape index (κ1) is 15.7. The highest BCUT2D eigenvalue weighted by atomic mass is 16.3. The number of nitrogens with zero attached hydrogens (tertiary/aromatic N) is 2. The highest BCUT2D eigenvalue weighted by Gasteiger charge is 2.20. The fourth-order valence-electron chi connectivity index (χ4n) is 2.98. The van der Waals surface area contributed by atoms with Crippen LogP contribution >= 0.6 is 0 Å². The summed E-state index contributed by atoms with van der Waals surface area (Å²) in [5.74, 6) is 0.0378. The quantitative estimate of drug-likeness (QED) is 0.948. The Morgan fingerprint density at radius 3 is 2.83 bits per heavy atom. The maximum atomic E-state index is 12.7. The Hall–Kier alpha value is -2.20. The molecule has 1 N–H and O–H groups in total. The van der Waals surface area contributed by atoms with Gasteiger partial charge in [0, 0.05) is 37.0 Å². The van der Waals surface area contributed by atoms with E-state index >= 15 is 0 Å². The van der Waals surface area contributed by atoms with Crippen LogP contribution in [0, 0.1) is 0 Å².